The van der Waals surface area contributed by atoms with Crippen LogP contribution >= 0.6 is 11.8 Å². The Balaban J connectivity index is 1.82. The highest BCUT2D eigenvalue weighted by atomic mass is 32.2. The van der Waals surface area contributed by atoms with Gasteiger partial charge in [0.1, 0.15) is 5.37 Å². The van der Waals surface area contributed by atoms with Gasteiger partial charge in [0.15, 0.2) is 5.78 Å². The molecule has 1 heterocycles. The zero-order valence-electron chi connectivity index (χ0n) is 13.3. The number of Topliss-reactive ketones (excluding diaryl/α,β-unsaturated/α-hetero) is 1. The van der Waals surface area contributed by atoms with Crippen LogP contribution in [0.2, 0.25) is 0 Å². The van der Waals surface area contributed by atoms with Gasteiger partial charge in [-0.3, -0.25) is 9.59 Å². The van der Waals surface area contributed by atoms with E-state index in [1.54, 1.807) is 36.0 Å². The maximum atomic E-state index is 12.8. The predicted octanol–water partition coefficient (Wildman–Crippen LogP) is 4.09. The first-order valence-corrected chi connectivity index (χ1v) is 8.71. The van der Waals surface area contributed by atoms with E-state index in [-0.39, 0.29) is 17.1 Å². The number of hydrogen-bond donors (Lipinski definition) is 0. The molecule has 3 nitrogen and oxygen atoms in total. The number of aryl methyl sites for hydroxylation is 1. The van der Waals surface area contributed by atoms with Gasteiger partial charge in [0, 0.05) is 23.4 Å². The van der Waals surface area contributed by atoms with Crippen molar-refractivity contribution in [1.29, 1.82) is 0 Å². The smallest absolute Gasteiger partial charge is 0.255 e. The monoisotopic (exact) mass is 325 g/mol. The van der Waals surface area contributed by atoms with Crippen molar-refractivity contribution in [3.8, 4) is 0 Å². The second kappa shape index (κ2) is 6.59. The molecule has 0 spiro atoms. The number of benzene rings is 2. The number of ketones is 1. The summed E-state index contributed by atoms with van der Waals surface area (Å²) in [5.41, 5.74) is 3.64. The van der Waals surface area contributed by atoms with Crippen LogP contribution in [-0.4, -0.2) is 28.9 Å². The fraction of sp³-hybridized carbons (Fsp3) is 0.263. The fourth-order valence-corrected chi connectivity index (χ4v) is 3.95. The van der Waals surface area contributed by atoms with Crippen molar-refractivity contribution < 1.29 is 9.59 Å². The summed E-state index contributed by atoms with van der Waals surface area (Å²) in [5.74, 6) is 0.976. The van der Waals surface area contributed by atoms with Crippen LogP contribution in [-0.2, 0) is 0 Å². The minimum absolute atomic E-state index is 0.0123. The van der Waals surface area contributed by atoms with Crippen molar-refractivity contribution >= 4 is 23.5 Å². The van der Waals surface area contributed by atoms with E-state index in [1.165, 1.54) is 12.5 Å². The number of amides is 1. The maximum Gasteiger partial charge on any atom is 0.255 e. The van der Waals surface area contributed by atoms with Crippen molar-refractivity contribution in [3.63, 3.8) is 0 Å². The second-order valence-electron chi connectivity index (χ2n) is 5.77. The Labute approximate surface area is 140 Å². The third kappa shape index (κ3) is 3.32. The van der Waals surface area contributed by atoms with Gasteiger partial charge in [0.05, 0.1) is 0 Å². The molecule has 1 aliphatic rings. The summed E-state index contributed by atoms with van der Waals surface area (Å²) in [7, 11) is 0. The summed E-state index contributed by atoms with van der Waals surface area (Å²) in [6, 6.07) is 15.3. The van der Waals surface area contributed by atoms with E-state index in [2.05, 4.69) is 31.2 Å². The molecular formula is C19H19NO2S. The molecule has 2 aromatic carbocycles. The summed E-state index contributed by atoms with van der Waals surface area (Å²) in [4.78, 5) is 26.1. The Morgan fingerprint density at radius 3 is 2.22 bits per heavy atom. The van der Waals surface area contributed by atoms with Gasteiger partial charge in [-0.25, -0.2) is 0 Å². The van der Waals surface area contributed by atoms with Crippen molar-refractivity contribution in [1.82, 2.24) is 4.90 Å². The molecule has 0 radical (unpaired) electrons. The van der Waals surface area contributed by atoms with E-state index in [1.807, 2.05) is 4.90 Å². The maximum absolute atomic E-state index is 12.8. The lowest BCUT2D eigenvalue weighted by Gasteiger charge is -2.24. The Hall–Kier alpha value is -2.07. The molecule has 0 bridgehead atoms. The van der Waals surface area contributed by atoms with Gasteiger partial charge in [0.2, 0.25) is 0 Å². The minimum Gasteiger partial charge on any atom is -0.322 e. The lowest BCUT2D eigenvalue weighted by Crippen LogP contribution is -2.30. The van der Waals surface area contributed by atoms with E-state index in [4.69, 9.17) is 0 Å². The number of nitrogens with zero attached hydrogens (tertiary/aromatic N) is 1. The van der Waals surface area contributed by atoms with Crippen molar-refractivity contribution in [3.05, 3.63) is 70.8 Å². The molecule has 1 aliphatic heterocycles. The van der Waals surface area contributed by atoms with Gasteiger partial charge in [-0.2, -0.15) is 0 Å². The molecule has 3 rings (SSSR count). The SMILES string of the molecule is CC(=O)c1ccc(C(=O)N2CCSC2c2ccc(C)cc2)cc1. The predicted molar refractivity (Wildman–Crippen MR) is 93.9 cm³/mol. The molecule has 1 saturated heterocycles. The van der Waals surface area contributed by atoms with E-state index in [9.17, 15) is 9.59 Å². The first-order valence-electron chi connectivity index (χ1n) is 7.66. The molecular weight excluding hydrogens is 306 g/mol. The van der Waals surface area contributed by atoms with Crippen LogP contribution in [0.15, 0.2) is 48.5 Å². The average Bonchev–Trinajstić information content (AvgIpc) is 3.04. The van der Waals surface area contributed by atoms with Gasteiger partial charge < -0.3 is 4.90 Å². The molecule has 0 N–H and O–H groups in total. The van der Waals surface area contributed by atoms with Crippen molar-refractivity contribution in [2.24, 2.45) is 0 Å². The standard InChI is InChI=1S/C19H19NO2S/c1-13-3-5-17(6-4-13)19-20(11-12-23-19)18(22)16-9-7-15(8-10-16)14(2)21/h3-10,19H,11-12H2,1-2H3. The molecule has 0 aromatic heterocycles. The Morgan fingerprint density at radius 1 is 1.00 bits per heavy atom. The van der Waals surface area contributed by atoms with E-state index >= 15 is 0 Å². The summed E-state index contributed by atoms with van der Waals surface area (Å²) in [6.07, 6.45) is 0. The van der Waals surface area contributed by atoms with Crippen LogP contribution in [0.5, 0.6) is 0 Å². The van der Waals surface area contributed by atoms with Gasteiger partial charge in [-0.1, -0.05) is 42.0 Å². The molecule has 23 heavy (non-hydrogen) atoms. The highest BCUT2D eigenvalue weighted by molar-refractivity contribution is 7.99. The molecule has 1 atom stereocenters. The largest absolute Gasteiger partial charge is 0.322 e. The Kier molecular flexibility index (Phi) is 4.53. The van der Waals surface area contributed by atoms with Crippen LogP contribution in [0.3, 0.4) is 0 Å². The average molecular weight is 325 g/mol. The number of thioether (sulfide) groups is 1. The molecule has 118 valence electrons. The quantitative estimate of drug-likeness (QED) is 0.798. The fourth-order valence-electron chi connectivity index (χ4n) is 2.70. The molecule has 1 unspecified atom stereocenters. The topological polar surface area (TPSA) is 37.4 Å². The van der Waals surface area contributed by atoms with E-state index in [0.717, 1.165) is 17.9 Å². The second-order valence-corrected chi connectivity index (χ2v) is 6.95. The number of hydrogen-bond acceptors (Lipinski definition) is 3. The summed E-state index contributed by atoms with van der Waals surface area (Å²) in [6.45, 7) is 4.34. The van der Waals surface area contributed by atoms with Gasteiger partial charge in [-0.05, 0) is 31.5 Å². The lowest BCUT2D eigenvalue weighted by molar-refractivity contribution is 0.0760. The number of carbonyl (C=O) groups is 2. The van der Waals surface area contributed by atoms with Crippen LogP contribution in [0.25, 0.3) is 0 Å². The third-order valence-corrected chi connectivity index (χ3v) is 5.31. The zero-order valence-corrected chi connectivity index (χ0v) is 14.1. The molecule has 2 aromatic rings. The first-order chi connectivity index (χ1) is 11.1. The summed E-state index contributed by atoms with van der Waals surface area (Å²) < 4.78 is 0. The molecule has 0 saturated carbocycles. The van der Waals surface area contributed by atoms with Crippen molar-refractivity contribution in [2.75, 3.05) is 12.3 Å². The normalized spacial score (nSPS) is 17.3. The molecule has 1 fully saturated rings. The molecule has 0 aliphatic carbocycles. The summed E-state index contributed by atoms with van der Waals surface area (Å²) in [5, 5.41) is 0.0654. The Bertz CT molecular complexity index is 722. The van der Waals surface area contributed by atoms with E-state index < -0.39 is 0 Å². The molecule has 4 heteroatoms. The number of rotatable bonds is 3. The highest BCUT2D eigenvalue weighted by Crippen LogP contribution is 2.38. The van der Waals surface area contributed by atoms with Crippen LogP contribution < -0.4 is 0 Å². The number of carbonyl (C=O) groups excluding carboxylic acids is 2. The van der Waals surface area contributed by atoms with Crippen LogP contribution in [0.4, 0.5) is 0 Å². The Morgan fingerprint density at radius 2 is 1.61 bits per heavy atom. The van der Waals surface area contributed by atoms with Gasteiger partial charge in [0.25, 0.3) is 5.91 Å². The van der Waals surface area contributed by atoms with Crippen LogP contribution in [0.1, 0.15) is 44.1 Å². The minimum atomic E-state index is 0.0123. The van der Waals surface area contributed by atoms with Gasteiger partial charge >= 0.3 is 0 Å². The zero-order chi connectivity index (χ0) is 16.4. The summed E-state index contributed by atoms with van der Waals surface area (Å²) >= 11 is 1.79. The molecule has 1 amide bonds. The van der Waals surface area contributed by atoms with Gasteiger partial charge in [-0.15, -0.1) is 11.8 Å². The van der Waals surface area contributed by atoms with E-state index in [0.29, 0.717) is 11.1 Å². The first kappa shape index (κ1) is 15.8. The third-order valence-electron chi connectivity index (χ3n) is 4.05. The lowest BCUT2D eigenvalue weighted by atomic mass is 10.1. The van der Waals surface area contributed by atoms with Crippen molar-refractivity contribution in [2.45, 2.75) is 19.2 Å². The van der Waals surface area contributed by atoms with Crippen LogP contribution in [0, 0.1) is 6.92 Å². The highest BCUT2D eigenvalue weighted by Gasteiger charge is 2.31.